The van der Waals surface area contributed by atoms with Crippen LogP contribution in [0.5, 0.6) is 0 Å². The van der Waals surface area contributed by atoms with Crippen LogP contribution >= 0.6 is 11.8 Å². The average Bonchev–Trinajstić information content (AvgIpc) is 1.38. The third-order valence-corrected chi connectivity index (χ3v) is 0.594. The lowest BCUT2D eigenvalue weighted by Crippen LogP contribution is -1.99. The number of hydrogen-bond donors (Lipinski definition) is 2. The van der Waals surface area contributed by atoms with Crippen molar-refractivity contribution < 1.29 is 8.76 Å². The van der Waals surface area contributed by atoms with E-state index >= 15 is 0 Å². The van der Waals surface area contributed by atoms with Crippen LogP contribution in [0.25, 0.3) is 0 Å². The summed E-state index contributed by atoms with van der Waals surface area (Å²) in [5.74, 6) is 0. The highest BCUT2D eigenvalue weighted by Gasteiger charge is 1.75. The van der Waals surface area contributed by atoms with Gasteiger partial charge in [0.15, 0.2) is 0 Å². The van der Waals surface area contributed by atoms with Crippen molar-refractivity contribution in [3.63, 3.8) is 0 Å². The molecule has 0 bridgehead atoms. The smallest absolute Gasteiger partial charge is 0.246 e. The van der Waals surface area contributed by atoms with Crippen molar-refractivity contribution >= 4 is 23.0 Å². The molecule has 0 amide bonds. The van der Waals surface area contributed by atoms with E-state index < -0.39 is 11.3 Å². The quantitative estimate of drug-likeness (QED) is 0.369. The van der Waals surface area contributed by atoms with Crippen LogP contribution in [0.3, 0.4) is 0 Å². The molecule has 0 aromatic rings. The van der Waals surface area contributed by atoms with Gasteiger partial charge in [-0.25, -0.2) is 4.21 Å². The molecular formula is H2ClNO2S. The molecule has 0 aromatic heterocycles. The first-order chi connectivity index (χ1) is 2.27. The van der Waals surface area contributed by atoms with Crippen LogP contribution < -0.4 is 4.24 Å². The van der Waals surface area contributed by atoms with Gasteiger partial charge in [0.25, 0.3) is 0 Å². The first-order valence-corrected chi connectivity index (χ1v) is 2.23. The molecule has 0 heterocycles. The van der Waals surface area contributed by atoms with Gasteiger partial charge < -0.3 is 0 Å². The predicted octanol–water partition coefficient (Wildman–Crippen LogP) is -0.133. The van der Waals surface area contributed by atoms with Crippen molar-refractivity contribution in [2.24, 2.45) is 0 Å². The Morgan fingerprint density at radius 3 is 2.20 bits per heavy atom. The summed E-state index contributed by atoms with van der Waals surface area (Å²) < 4.78 is 18.4. The Hall–Kier alpha value is 0.360. The third kappa shape index (κ3) is 4.36. The van der Waals surface area contributed by atoms with Crippen molar-refractivity contribution in [2.45, 2.75) is 0 Å². The number of halogens is 1. The van der Waals surface area contributed by atoms with E-state index in [9.17, 15) is 4.21 Å². The van der Waals surface area contributed by atoms with Gasteiger partial charge >= 0.3 is 0 Å². The molecule has 0 saturated carbocycles. The zero-order chi connectivity index (χ0) is 4.28. The van der Waals surface area contributed by atoms with E-state index in [1.54, 1.807) is 0 Å². The summed E-state index contributed by atoms with van der Waals surface area (Å²) in [5, 5.41) is 0. The Morgan fingerprint density at radius 2 is 2.20 bits per heavy atom. The minimum Gasteiger partial charge on any atom is -0.293 e. The SMILES string of the molecule is O=S(O)NCl. The second-order valence-electron chi connectivity index (χ2n) is 0.326. The van der Waals surface area contributed by atoms with Gasteiger partial charge in [-0.2, -0.15) is 0 Å². The molecule has 0 aliphatic heterocycles. The monoisotopic (exact) mass is 115 g/mol. The molecule has 3 nitrogen and oxygen atoms in total. The van der Waals surface area contributed by atoms with Crippen LogP contribution in [0.1, 0.15) is 0 Å². The predicted molar refractivity (Wildman–Crippen MR) is 19.8 cm³/mol. The van der Waals surface area contributed by atoms with Crippen LogP contribution in [-0.2, 0) is 11.3 Å². The summed E-state index contributed by atoms with van der Waals surface area (Å²) in [7, 11) is 0. The number of rotatable bonds is 1. The van der Waals surface area contributed by atoms with Gasteiger partial charge in [0.1, 0.15) is 0 Å². The fourth-order valence-electron chi connectivity index (χ4n) is 0. The minimum atomic E-state index is -2.06. The van der Waals surface area contributed by atoms with E-state index in [-0.39, 0.29) is 0 Å². The zero-order valence-corrected chi connectivity index (χ0v) is 3.71. The van der Waals surface area contributed by atoms with Gasteiger partial charge in [-0.15, -0.1) is 4.24 Å². The van der Waals surface area contributed by atoms with Crippen molar-refractivity contribution in [3.05, 3.63) is 0 Å². The van der Waals surface area contributed by atoms with Crippen molar-refractivity contribution in [2.75, 3.05) is 0 Å². The van der Waals surface area contributed by atoms with Gasteiger partial charge in [0.2, 0.25) is 11.3 Å². The first-order valence-electron chi connectivity index (χ1n) is 0.742. The molecule has 0 aliphatic rings. The maximum absolute atomic E-state index is 9.24. The topological polar surface area (TPSA) is 49.3 Å². The molecule has 0 fully saturated rings. The zero-order valence-electron chi connectivity index (χ0n) is 2.14. The summed E-state index contributed by atoms with van der Waals surface area (Å²) in [6.07, 6.45) is 0. The molecule has 1 atom stereocenters. The Balaban J connectivity index is 2.85. The number of nitrogens with one attached hydrogen (secondary N) is 1. The Bertz CT molecular complexity index is 44.9. The van der Waals surface area contributed by atoms with Crippen LogP contribution in [-0.4, -0.2) is 8.76 Å². The molecule has 32 valence electrons. The summed E-state index contributed by atoms with van der Waals surface area (Å²) in [5.41, 5.74) is 0. The van der Waals surface area contributed by atoms with E-state index in [4.69, 9.17) is 4.55 Å². The Kier molecular flexibility index (Phi) is 2.78. The van der Waals surface area contributed by atoms with Gasteiger partial charge in [0, 0.05) is 0 Å². The maximum Gasteiger partial charge on any atom is 0.246 e. The van der Waals surface area contributed by atoms with Gasteiger partial charge in [0.05, 0.1) is 0 Å². The summed E-state index contributed by atoms with van der Waals surface area (Å²) in [6, 6.07) is 0. The van der Waals surface area contributed by atoms with E-state index in [2.05, 4.69) is 11.8 Å². The lowest BCUT2D eigenvalue weighted by atomic mass is 13.9. The van der Waals surface area contributed by atoms with E-state index in [0.29, 0.717) is 0 Å². The fourth-order valence-corrected chi connectivity index (χ4v) is 0. The largest absolute Gasteiger partial charge is 0.293 e. The molecule has 0 spiro atoms. The molecule has 0 rings (SSSR count). The normalized spacial score (nSPS) is 14.8. The van der Waals surface area contributed by atoms with E-state index in [1.807, 2.05) is 0 Å². The van der Waals surface area contributed by atoms with Crippen molar-refractivity contribution in [1.29, 1.82) is 0 Å². The highest BCUT2D eigenvalue weighted by Crippen LogP contribution is 1.61. The summed E-state index contributed by atoms with van der Waals surface area (Å²) >= 11 is 2.48. The number of hydrogen-bond acceptors (Lipinski definition) is 1. The maximum atomic E-state index is 9.24. The van der Waals surface area contributed by atoms with Crippen LogP contribution in [0.4, 0.5) is 0 Å². The molecule has 0 aromatic carbocycles. The molecule has 0 radical (unpaired) electrons. The molecule has 5 heavy (non-hydrogen) atoms. The summed E-state index contributed by atoms with van der Waals surface area (Å²) in [6.45, 7) is 0. The minimum absolute atomic E-state index is 1.53. The molecule has 1 unspecified atom stereocenters. The lowest BCUT2D eigenvalue weighted by Gasteiger charge is -1.74. The molecule has 5 heteroatoms. The Labute approximate surface area is 36.9 Å². The fraction of sp³-hybridized carbons (Fsp3) is 0. The van der Waals surface area contributed by atoms with Gasteiger partial charge in [-0.3, -0.25) is 4.55 Å². The second-order valence-corrected chi connectivity index (χ2v) is 1.44. The van der Waals surface area contributed by atoms with Crippen LogP contribution in [0.2, 0.25) is 0 Å². The second kappa shape index (κ2) is 2.59. The molecule has 0 aliphatic carbocycles. The lowest BCUT2D eigenvalue weighted by molar-refractivity contribution is 0.562. The molecular weight excluding hydrogens is 114 g/mol. The standard InChI is InChI=1S/ClH2NO2S/c1-2-5(3)4/h2H,(H,3,4). The van der Waals surface area contributed by atoms with Gasteiger partial charge in [-0.1, -0.05) is 0 Å². The highest BCUT2D eigenvalue weighted by molar-refractivity contribution is 7.78. The summed E-state index contributed by atoms with van der Waals surface area (Å²) in [4.78, 5) is 0. The highest BCUT2D eigenvalue weighted by atomic mass is 35.5. The Morgan fingerprint density at radius 1 is 2.00 bits per heavy atom. The average molecular weight is 116 g/mol. The van der Waals surface area contributed by atoms with E-state index in [0.717, 1.165) is 0 Å². The van der Waals surface area contributed by atoms with E-state index in [1.165, 1.54) is 4.24 Å². The van der Waals surface area contributed by atoms with Gasteiger partial charge in [-0.05, 0) is 11.8 Å². The third-order valence-electron chi connectivity index (χ3n) is 0.0660. The molecule has 0 saturated heterocycles. The van der Waals surface area contributed by atoms with Crippen molar-refractivity contribution in [3.8, 4) is 0 Å². The molecule has 2 N–H and O–H groups in total. The van der Waals surface area contributed by atoms with Crippen molar-refractivity contribution in [1.82, 2.24) is 4.24 Å². The van der Waals surface area contributed by atoms with Crippen LogP contribution in [0.15, 0.2) is 0 Å². The first kappa shape index (κ1) is 5.36. The van der Waals surface area contributed by atoms with Crippen LogP contribution in [0, 0.1) is 0 Å².